The average molecular weight is 334 g/mol. The van der Waals surface area contributed by atoms with E-state index < -0.39 is 6.29 Å². The second kappa shape index (κ2) is 7.54. The Bertz CT molecular complexity index is 672. The molecule has 2 N–H and O–H groups in total. The van der Waals surface area contributed by atoms with Gasteiger partial charge in [0.2, 0.25) is 0 Å². The van der Waals surface area contributed by atoms with Gasteiger partial charge in [0.25, 0.3) is 5.91 Å². The number of hydrogen-bond acceptors (Lipinski definition) is 6. The summed E-state index contributed by atoms with van der Waals surface area (Å²) in [6, 6.07) is 1.86. The summed E-state index contributed by atoms with van der Waals surface area (Å²) in [5.41, 5.74) is 1.28. The van der Waals surface area contributed by atoms with Crippen molar-refractivity contribution in [1.82, 2.24) is 25.2 Å². The van der Waals surface area contributed by atoms with Gasteiger partial charge in [-0.1, -0.05) is 5.21 Å². The molecule has 3 rings (SSSR count). The van der Waals surface area contributed by atoms with E-state index >= 15 is 0 Å². The zero-order chi connectivity index (χ0) is 16.9. The SMILES string of the molecule is CCOC(Cn1cc(C(=O)Nc2cc(C3CC3)[nH]n2)nn1)OCC. The minimum Gasteiger partial charge on any atom is -0.351 e. The predicted molar refractivity (Wildman–Crippen MR) is 85.6 cm³/mol. The number of aromatic nitrogens is 5. The van der Waals surface area contributed by atoms with Crippen LogP contribution in [0.15, 0.2) is 12.3 Å². The fourth-order valence-corrected chi connectivity index (χ4v) is 2.35. The van der Waals surface area contributed by atoms with E-state index in [0.717, 1.165) is 5.69 Å². The molecule has 24 heavy (non-hydrogen) atoms. The zero-order valence-electron chi connectivity index (χ0n) is 13.9. The van der Waals surface area contributed by atoms with Gasteiger partial charge in [-0.3, -0.25) is 9.89 Å². The maximum Gasteiger partial charge on any atom is 0.279 e. The molecule has 0 aromatic carbocycles. The Kier molecular flexibility index (Phi) is 5.21. The lowest BCUT2D eigenvalue weighted by Gasteiger charge is -2.16. The number of carbonyl (C=O) groups is 1. The van der Waals surface area contributed by atoms with Crippen molar-refractivity contribution in [2.45, 2.75) is 45.4 Å². The normalized spacial score (nSPS) is 14.3. The van der Waals surface area contributed by atoms with E-state index in [9.17, 15) is 4.79 Å². The van der Waals surface area contributed by atoms with E-state index in [1.54, 1.807) is 6.20 Å². The highest BCUT2D eigenvalue weighted by Crippen LogP contribution is 2.39. The molecule has 1 aliphatic rings. The second-order valence-corrected chi connectivity index (χ2v) is 5.60. The first kappa shape index (κ1) is 16.6. The molecule has 9 nitrogen and oxygen atoms in total. The Morgan fingerprint density at radius 3 is 2.83 bits per heavy atom. The van der Waals surface area contributed by atoms with Crippen molar-refractivity contribution in [2.75, 3.05) is 18.5 Å². The third-order valence-corrected chi connectivity index (χ3v) is 3.67. The van der Waals surface area contributed by atoms with Crippen LogP contribution in [0, 0.1) is 0 Å². The smallest absolute Gasteiger partial charge is 0.279 e. The molecule has 1 fully saturated rings. The summed E-state index contributed by atoms with van der Waals surface area (Å²) in [5, 5.41) is 17.6. The van der Waals surface area contributed by atoms with Gasteiger partial charge in [-0.2, -0.15) is 5.10 Å². The van der Waals surface area contributed by atoms with Crippen LogP contribution in [0.5, 0.6) is 0 Å². The van der Waals surface area contributed by atoms with E-state index in [4.69, 9.17) is 9.47 Å². The molecule has 2 heterocycles. The Morgan fingerprint density at radius 2 is 2.17 bits per heavy atom. The molecule has 1 amide bonds. The van der Waals surface area contributed by atoms with Crippen molar-refractivity contribution >= 4 is 11.7 Å². The molecule has 1 aliphatic carbocycles. The van der Waals surface area contributed by atoms with Gasteiger partial charge in [0.1, 0.15) is 0 Å². The lowest BCUT2D eigenvalue weighted by molar-refractivity contribution is -0.145. The molecule has 9 heteroatoms. The third kappa shape index (κ3) is 4.18. The maximum absolute atomic E-state index is 12.2. The van der Waals surface area contributed by atoms with Crippen molar-refractivity contribution in [3.63, 3.8) is 0 Å². The number of nitrogens with zero attached hydrogens (tertiary/aromatic N) is 4. The van der Waals surface area contributed by atoms with Gasteiger partial charge in [-0.15, -0.1) is 5.10 Å². The summed E-state index contributed by atoms with van der Waals surface area (Å²) >= 11 is 0. The van der Waals surface area contributed by atoms with Gasteiger partial charge in [-0.25, -0.2) is 4.68 Å². The monoisotopic (exact) mass is 334 g/mol. The van der Waals surface area contributed by atoms with E-state index in [0.29, 0.717) is 31.5 Å². The molecule has 0 aliphatic heterocycles. The molecule has 2 aromatic rings. The second-order valence-electron chi connectivity index (χ2n) is 5.60. The van der Waals surface area contributed by atoms with Gasteiger partial charge in [0.15, 0.2) is 17.8 Å². The number of hydrogen-bond donors (Lipinski definition) is 2. The number of carbonyl (C=O) groups excluding carboxylic acids is 1. The molecule has 0 atom stereocenters. The van der Waals surface area contributed by atoms with Gasteiger partial charge in [0, 0.05) is 30.9 Å². The Hall–Kier alpha value is -2.26. The molecule has 0 saturated heterocycles. The van der Waals surface area contributed by atoms with Crippen LogP contribution in [0.25, 0.3) is 0 Å². The van der Waals surface area contributed by atoms with Crippen LogP contribution in [0.3, 0.4) is 0 Å². The van der Waals surface area contributed by atoms with E-state index in [2.05, 4.69) is 25.8 Å². The standard InChI is InChI=1S/C15H22N6O3/c1-3-23-14(24-4-2)9-21-8-12(18-20-21)15(22)16-13-7-11(17-19-13)10-5-6-10/h7-8,10,14H,3-6,9H2,1-2H3,(H2,16,17,19,22). The van der Waals surface area contributed by atoms with Gasteiger partial charge >= 0.3 is 0 Å². The van der Waals surface area contributed by atoms with Crippen LogP contribution in [0.2, 0.25) is 0 Å². The predicted octanol–water partition coefficient (Wildman–Crippen LogP) is 1.53. The number of H-pyrrole nitrogens is 1. The summed E-state index contributed by atoms with van der Waals surface area (Å²) in [7, 11) is 0. The molecule has 0 unspecified atom stereocenters. The first-order valence-corrected chi connectivity index (χ1v) is 8.19. The molecule has 2 aromatic heterocycles. The summed E-state index contributed by atoms with van der Waals surface area (Å²) in [6.45, 7) is 5.23. The van der Waals surface area contributed by atoms with Crippen molar-refractivity contribution < 1.29 is 14.3 Å². The fourth-order valence-electron chi connectivity index (χ4n) is 2.35. The number of aromatic amines is 1. The Labute approximate surface area is 139 Å². The molecular weight excluding hydrogens is 312 g/mol. The Morgan fingerprint density at radius 1 is 1.42 bits per heavy atom. The zero-order valence-corrected chi connectivity index (χ0v) is 13.9. The lowest BCUT2D eigenvalue weighted by atomic mass is 10.3. The average Bonchev–Trinajstić information content (AvgIpc) is 3.12. The van der Waals surface area contributed by atoms with Crippen LogP contribution < -0.4 is 5.32 Å². The van der Waals surface area contributed by atoms with Crippen molar-refractivity contribution in [3.05, 3.63) is 23.7 Å². The highest BCUT2D eigenvalue weighted by Gasteiger charge is 2.26. The highest BCUT2D eigenvalue weighted by molar-refractivity contribution is 6.02. The molecule has 0 spiro atoms. The highest BCUT2D eigenvalue weighted by atomic mass is 16.7. The molecule has 1 saturated carbocycles. The quantitative estimate of drug-likeness (QED) is 0.674. The van der Waals surface area contributed by atoms with E-state index in [-0.39, 0.29) is 11.6 Å². The summed E-state index contributed by atoms with van der Waals surface area (Å²) < 4.78 is 12.4. The minimum atomic E-state index is -0.412. The van der Waals surface area contributed by atoms with Crippen LogP contribution in [0.4, 0.5) is 5.82 Å². The van der Waals surface area contributed by atoms with Gasteiger partial charge in [0.05, 0.1) is 12.7 Å². The van der Waals surface area contributed by atoms with Gasteiger partial charge in [-0.05, 0) is 26.7 Å². The molecule has 0 bridgehead atoms. The van der Waals surface area contributed by atoms with Gasteiger partial charge < -0.3 is 14.8 Å². The number of anilines is 1. The summed E-state index contributed by atoms with van der Waals surface area (Å²) in [5.74, 6) is 0.704. The topological polar surface area (TPSA) is 107 Å². The summed E-state index contributed by atoms with van der Waals surface area (Å²) in [6.07, 6.45) is 3.50. The largest absolute Gasteiger partial charge is 0.351 e. The van der Waals surface area contributed by atoms with Crippen LogP contribution in [0.1, 0.15) is 48.8 Å². The van der Waals surface area contributed by atoms with E-state index in [1.807, 2.05) is 19.9 Å². The van der Waals surface area contributed by atoms with Crippen LogP contribution >= 0.6 is 0 Å². The number of rotatable bonds is 9. The van der Waals surface area contributed by atoms with E-state index in [1.165, 1.54) is 17.5 Å². The molecular formula is C15H22N6O3. The minimum absolute atomic E-state index is 0.220. The lowest BCUT2D eigenvalue weighted by Crippen LogP contribution is -2.24. The fraction of sp³-hybridized carbons (Fsp3) is 0.600. The number of amides is 1. The van der Waals surface area contributed by atoms with Crippen LogP contribution in [-0.4, -0.2) is 50.6 Å². The number of nitrogens with one attached hydrogen (secondary N) is 2. The Balaban J connectivity index is 1.57. The van der Waals surface area contributed by atoms with Crippen molar-refractivity contribution in [1.29, 1.82) is 0 Å². The first-order chi connectivity index (χ1) is 11.7. The van der Waals surface area contributed by atoms with Crippen LogP contribution in [-0.2, 0) is 16.0 Å². The first-order valence-electron chi connectivity index (χ1n) is 8.19. The molecule has 0 radical (unpaired) electrons. The van der Waals surface area contributed by atoms with Crippen molar-refractivity contribution in [3.8, 4) is 0 Å². The maximum atomic E-state index is 12.2. The summed E-state index contributed by atoms with van der Waals surface area (Å²) in [4.78, 5) is 12.2. The third-order valence-electron chi connectivity index (χ3n) is 3.67. The van der Waals surface area contributed by atoms with Crippen molar-refractivity contribution in [2.24, 2.45) is 0 Å². The molecule has 130 valence electrons. The number of ether oxygens (including phenoxy) is 2.